The standard InChI is InChI=1S/C23H29N3O2.ClH/c1-4-16-9-11-19(12-10-16)25-23(28)21(15(2)3)26-22(27)20-13-17-7-5-6-8-18(17)14-24-20;/h5-12,15,20-21,24H,4,13-14H2,1-3H3,(H,25,28)(H,26,27);1H. The normalized spacial score (nSPS) is 16.3. The minimum absolute atomic E-state index is 0. The van der Waals surface area contributed by atoms with Crippen molar-refractivity contribution in [3.63, 3.8) is 0 Å². The van der Waals surface area contributed by atoms with Gasteiger partial charge in [-0.1, -0.05) is 57.2 Å². The number of amides is 2. The zero-order chi connectivity index (χ0) is 20.1. The molecule has 2 atom stereocenters. The summed E-state index contributed by atoms with van der Waals surface area (Å²) in [6.45, 7) is 6.63. The van der Waals surface area contributed by atoms with Crippen molar-refractivity contribution in [2.75, 3.05) is 5.32 Å². The molecule has 6 heteroatoms. The van der Waals surface area contributed by atoms with Gasteiger partial charge in [-0.05, 0) is 47.6 Å². The molecule has 0 aromatic heterocycles. The third-order valence-electron chi connectivity index (χ3n) is 5.27. The quantitative estimate of drug-likeness (QED) is 0.676. The molecule has 3 rings (SSSR count). The molecular formula is C23H30ClN3O2. The summed E-state index contributed by atoms with van der Waals surface area (Å²) < 4.78 is 0. The summed E-state index contributed by atoms with van der Waals surface area (Å²) in [6, 6.07) is 15.0. The van der Waals surface area contributed by atoms with E-state index in [0.29, 0.717) is 13.0 Å². The van der Waals surface area contributed by atoms with Crippen LogP contribution in [0.15, 0.2) is 48.5 Å². The monoisotopic (exact) mass is 415 g/mol. The molecule has 2 unspecified atom stereocenters. The highest BCUT2D eigenvalue weighted by Crippen LogP contribution is 2.17. The number of fused-ring (bicyclic) bond motifs is 1. The molecule has 2 aromatic rings. The van der Waals surface area contributed by atoms with Crippen molar-refractivity contribution in [2.24, 2.45) is 5.92 Å². The number of rotatable bonds is 6. The maximum atomic E-state index is 12.8. The Morgan fingerprint density at radius 2 is 1.72 bits per heavy atom. The van der Waals surface area contributed by atoms with Crippen molar-refractivity contribution in [3.05, 3.63) is 65.2 Å². The molecule has 0 aliphatic carbocycles. The Bertz CT molecular complexity index is 836. The molecule has 1 heterocycles. The fraction of sp³-hybridized carbons (Fsp3) is 0.391. The van der Waals surface area contributed by atoms with Crippen molar-refractivity contribution in [3.8, 4) is 0 Å². The van der Waals surface area contributed by atoms with Gasteiger partial charge in [0.1, 0.15) is 6.04 Å². The molecule has 29 heavy (non-hydrogen) atoms. The SMILES string of the molecule is CCc1ccc(NC(=O)C(NC(=O)C2Cc3ccccc3CN2)C(C)C)cc1.Cl. The number of halogens is 1. The van der Waals surface area contributed by atoms with Gasteiger partial charge in [-0.3, -0.25) is 9.59 Å². The van der Waals surface area contributed by atoms with Gasteiger partial charge in [-0.15, -0.1) is 12.4 Å². The number of nitrogens with one attached hydrogen (secondary N) is 3. The maximum Gasteiger partial charge on any atom is 0.247 e. The van der Waals surface area contributed by atoms with Crippen LogP contribution < -0.4 is 16.0 Å². The van der Waals surface area contributed by atoms with E-state index in [0.717, 1.165) is 12.1 Å². The number of aryl methyl sites for hydroxylation is 1. The van der Waals surface area contributed by atoms with Crippen LogP contribution in [0.3, 0.4) is 0 Å². The lowest BCUT2D eigenvalue weighted by Crippen LogP contribution is -2.54. The fourth-order valence-electron chi connectivity index (χ4n) is 3.47. The van der Waals surface area contributed by atoms with E-state index in [1.54, 1.807) is 0 Å². The zero-order valence-electron chi connectivity index (χ0n) is 17.2. The van der Waals surface area contributed by atoms with Gasteiger partial charge in [0.15, 0.2) is 0 Å². The maximum absolute atomic E-state index is 12.8. The number of carbonyl (C=O) groups excluding carboxylic acids is 2. The van der Waals surface area contributed by atoms with Crippen molar-refractivity contribution < 1.29 is 9.59 Å². The van der Waals surface area contributed by atoms with E-state index in [9.17, 15) is 9.59 Å². The summed E-state index contributed by atoms with van der Waals surface area (Å²) in [5.41, 5.74) is 4.37. The van der Waals surface area contributed by atoms with Gasteiger partial charge in [0.2, 0.25) is 11.8 Å². The second-order valence-electron chi connectivity index (χ2n) is 7.68. The van der Waals surface area contributed by atoms with E-state index < -0.39 is 6.04 Å². The van der Waals surface area contributed by atoms with Gasteiger partial charge in [-0.25, -0.2) is 0 Å². The van der Waals surface area contributed by atoms with E-state index in [-0.39, 0.29) is 36.2 Å². The highest BCUT2D eigenvalue weighted by molar-refractivity contribution is 5.98. The first kappa shape index (κ1) is 22.9. The van der Waals surface area contributed by atoms with Crippen molar-refractivity contribution in [1.82, 2.24) is 10.6 Å². The topological polar surface area (TPSA) is 70.2 Å². The van der Waals surface area contributed by atoms with Gasteiger partial charge >= 0.3 is 0 Å². The average molecular weight is 416 g/mol. The van der Waals surface area contributed by atoms with E-state index in [1.165, 1.54) is 16.7 Å². The van der Waals surface area contributed by atoms with Crippen LogP contribution in [0.1, 0.15) is 37.5 Å². The molecule has 0 bridgehead atoms. The minimum Gasteiger partial charge on any atom is -0.343 e. The van der Waals surface area contributed by atoms with E-state index in [4.69, 9.17) is 0 Å². The van der Waals surface area contributed by atoms with Crippen LogP contribution >= 0.6 is 12.4 Å². The third-order valence-corrected chi connectivity index (χ3v) is 5.27. The summed E-state index contributed by atoms with van der Waals surface area (Å²) >= 11 is 0. The van der Waals surface area contributed by atoms with Gasteiger partial charge < -0.3 is 16.0 Å². The third kappa shape index (κ3) is 5.81. The Balaban J connectivity index is 0.00000300. The van der Waals surface area contributed by atoms with Crippen LogP contribution in [-0.4, -0.2) is 23.9 Å². The summed E-state index contributed by atoms with van der Waals surface area (Å²) in [7, 11) is 0. The Hall–Kier alpha value is -2.37. The molecule has 5 nitrogen and oxygen atoms in total. The number of carbonyl (C=O) groups is 2. The van der Waals surface area contributed by atoms with Gasteiger partial charge in [0.05, 0.1) is 6.04 Å². The molecule has 1 aliphatic rings. The molecule has 2 amide bonds. The van der Waals surface area contributed by atoms with Crippen molar-refractivity contribution >= 4 is 29.9 Å². The largest absolute Gasteiger partial charge is 0.343 e. The second-order valence-corrected chi connectivity index (χ2v) is 7.68. The predicted octanol–water partition coefficient (Wildman–Crippen LogP) is 3.46. The lowest BCUT2D eigenvalue weighted by atomic mass is 9.94. The molecule has 1 aliphatic heterocycles. The van der Waals surface area contributed by atoms with Gasteiger partial charge in [-0.2, -0.15) is 0 Å². The molecule has 3 N–H and O–H groups in total. The highest BCUT2D eigenvalue weighted by atomic mass is 35.5. The lowest BCUT2D eigenvalue weighted by Gasteiger charge is -2.28. The second kappa shape index (κ2) is 10.4. The first-order valence-electron chi connectivity index (χ1n) is 9.98. The van der Waals surface area contributed by atoms with Crippen LogP contribution in [0.5, 0.6) is 0 Å². The van der Waals surface area contributed by atoms with Crippen molar-refractivity contribution in [2.45, 2.75) is 52.2 Å². The molecular weight excluding hydrogens is 386 g/mol. The molecule has 0 radical (unpaired) electrons. The highest BCUT2D eigenvalue weighted by Gasteiger charge is 2.29. The first-order chi connectivity index (χ1) is 13.5. The van der Waals surface area contributed by atoms with Crippen LogP contribution in [0.2, 0.25) is 0 Å². The van der Waals surface area contributed by atoms with Crippen LogP contribution in [0.25, 0.3) is 0 Å². The summed E-state index contributed by atoms with van der Waals surface area (Å²) in [5.74, 6) is -0.344. The molecule has 2 aromatic carbocycles. The Morgan fingerprint density at radius 1 is 1.07 bits per heavy atom. The summed E-state index contributed by atoms with van der Waals surface area (Å²) in [6.07, 6.45) is 1.59. The minimum atomic E-state index is -0.586. The molecule has 156 valence electrons. The smallest absolute Gasteiger partial charge is 0.247 e. The lowest BCUT2D eigenvalue weighted by molar-refractivity contribution is -0.128. The number of anilines is 1. The van der Waals surface area contributed by atoms with E-state index in [2.05, 4.69) is 35.0 Å². The van der Waals surface area contributed by atoms with Gasteiger partial charge in [0.25, 0.3) is 0 Å². The number of hydrogen-bond donors (Lipinski definition) is 3. The Kier molecular flexibility index (Phi) is 8.23. The summed E-state index contributed by atoms with van der Waals surface area (Å²) in [4.78, 5) is 25.6. The zero-order valence-corrected chi connectivity index (χ0v) is 18.0. The first-order valence-corrected chi connectivity index (χ1v) is 9.98. The van der Waals surface area contributed by atoms with Crippen LogP contribution in [0.4, 0.5) is 5.69 Å². The van der Waals surface area contributed by atoms with Gasteiger partial charge in [0, 0.05) is 12.2 Å². The van der Waals surface area contributed by atoms with Crippen LogP contribution in [0, 0.1) is 5.92 Å². The predicted molar refractivity (Wildman–Crippen MR) is 119 cm³/mol. The summed E-state index contributed by atoms with van der Waals surface area (Å²) in [5, 5.41) is 9.15. The molecule has 0 saturated carbocycles. The average Bonchev–Trinajstić information content (AvgIpc) is 2.71. The molecule has 0 spiro atoms. The van der Waals surface area contributed by atoms with Crippen molar-refractivity contribution in [1.29, 1.82) is 0 Å². The molecule has 0 fully saturated rings. The fourth-order valence-corrected chi connectivity index (χ4v) is 3.47. The Labute approximate surface area is 179 Å². The molecule has 0 saturated heterocycles. The van der Waals surface area contributed by atoms with E-state index in [1.807, 2.05) is 50.2 Å². The van der Waals surface area contributed by atoms with Crippen LogP contribution in [-0.2, 0) is 29.0 Å². The number of benzene rings is 2. The number of hydrogen-bond acceptors (Lipinski definition) is 3. The van der Waals surface area contributed by atoms with E-state index >= 15 is 0 Å². The Morgan fingerprint density at radius 3 is 2.34 bits per heavy atom.